The van der Waals surface area contributed by atoms with E-state index in [0.29, 0.717) is 13.1 Å². The molecule has 0 aromatic heterocycles. The van der Waals surface area contributed by atoms with Crippen molar-refractivity contribution in [1.82, 2.24) is 5.32 Å². The minimum Gasteiger partial charge on any atom is -0.389 e. The molecule has 1 rings (SSSR count). The van der Waals surface area contributed by atoms with Gasteiger partial charge in [0.1, 0.15) is 0 Å². The summed E-state index contributed by atoms with van der Waals surface area (Å²) in [6.07, 6.45) is 0.738. The fourth-order valence-electron chi connectivity index (χ4n) is 1.26. The van der Waals surface area contributed by atoms with Crippen LogP contribution < -0.4 is 5.32 Å². The molecule has 0 fully saturated rings. The summed E-state index contributed by atoms with van der Waals surface area (Å²) in [6.45, 7) is 5.10. The number of nitrogens with one attached hydrogen (secondary N) is 1. The predicted molar refractivity (Wildman–Crippen MR) is 71.8 cm³/mol. The van der Waals surface area contributed by atoms with Crippen molar-refractivity contribution in [3.8, 4) is 0 Å². The van der Waals surface area contributed by atoms with Crippen LogP contribution in [0.4, 0.5) is 0 Å². The zero-order chi connectivity index (χ0) is 12.2. The SMILES string of the molecule is CCC(C)(O)CNCc1ccc(Cl)cc1Br. The van der Waals surface area contributed by atoms with E-state index in [9.17, 15) is 5.11 Å². The van der Waals surface area contributed by atoms with Crippen molar-refractivity contribution in [2.75, 3.05) is 6.54 Å². The second-order valence-corrected chi connectivity index (χ2v) is 5.48. The third-order valence-corrected chi connectivity index (χ3v) is 3.57. The van der Waals surface area contributed by atoms with Gasteiger partial charge in [-0.1, -0.05) is 40.5 Å². The molecule has 1 aromatic rings. The number of benzene rings is 1. The third-order valence-electron chi connectivity index (χ3n) is 2.60. The van der Waals surface area contributed by atoms with E-state index in [2.05, 4.69) is 21.2 Å². The van der Waals surface area contributed by atoms with Gasteiger partial charge in [0.25, 0.3) is 0 Å². The van der Waals surface area contributed by atoms with Gasteiger partial charge in [-0.2, -0.15) is 0 Å². The fraction of sp³-hybridized carbons (Fsp3) is 0.500. The molecule has 0 aliphatic rings. The molecule has 90 valence electrons. The van der Waals surface area contributed by atoms with E-state index < -0.39 is 5.60 Å². The highest BCUT2D eigenvalue weighted by Crippen LogP contribution is 2.21. The molecule has 16 heavy (non-hydrogen) atoms. The Morgan fingerprint density at radius 3 is 2.75 bits per heavy atom. The zero-order valence-electron chi connectivity index (χ0n) is 9.56. The summed E-state index contributed by atoms with van der Waals surface area (Å²) in [5.74, 6) is 0. The first-order valence-corrected chi connectivity index (χ1v) is 6.49. The van der Waals surface area contributed by atoms with Crippen molar-refractivity contribution in [3.63, 3.8) is 0 Å². The summed E-state index contributed by atoms with van der Waals surface area (Å²) in [7, 11) is 0. The number of halogens is 2. The third kappa shape index (κ3) is 4.42. The van der Waals surface area contributed by atoms with Gasteiger partial charge >= 0.3 is 0 Å². The highest BCUT2D eigenvalue weighted by molar-refractivity contribution is 9.10. The zero-order valence-corrected chi connectivity index (χ0v) is 11.9. The quantitative estimate of drug-likeness (QED) is 0.874. The molecule has 0 radical (unpaired) electrons. The Bertz CT molecular complexity index is 355. The average Bonchev–Trinajstić information content (AvgIpc) is 2.21. The highest BCUT2D eigenvalue weighted by Gasteiger charge is 2.16. The fourth-order valence-corrected chi connectivity index (χ4v) is 2.08. The summed E-state index contributed by atoms with van der Waals surface area (Å²) in [5, 5.41) is 13.8. The summed E-state index contributed by atoms with van der Waals surface area (Å²) >= 11 is 9.31. The van der Waals surface area contributed by atoms with Crippen molar-refractivity contribution < 1.29 is 5.11 Å². The molecule has 2 nitrogen and oxygen atoms in total. The minimum absolute atomic E-state index is 0.582. The van der Waals surface area contributed by atoms with E-state index in [-0.39, 0.29) is 0 Å². The van der Waals surface area contributed by atoms with Gasteiger partial charge in [0.05, 0.1) is 5.60 Å². The van der Waals surface area contributed by atoms with Gasteiger partial charge < -0.3 is 10.4 Å². The Kier molecular flexibility index (Phi) is 5.25. The van der Waals surface area contributed by atoms with Crippen LogP contribution >= 0.6 is 27.5 Å². The summed E-state index contributed by atoms with van der Waals surface area (Å²) in [6, 6.07) is 5.71. The van der Waals surface area contributed by atoms with E-state index in [1.54, 1.807) is 0 Å². The van der Waals surface area contributed by atoms with Gasteiger partial charge in [-0.25, -0.2) is 0 Å². The lowest BCUT2D eigenvalue weighted by atomic mass is 10.0. The second kappa shape index (κ2) is 6.01. The van der Waals surface area contributed by atoms with Crippen LogP contribution in [0.3, 0.4) is 0 Å². The summed E-state index contributed by atoms with van der Waals surface area (Å²) in [4.78, 5) is 0. The standard InChI is InChI=1S/C12H17BrClNO/c1-3-12(2,16)8-15-7-9-4-5-10(14)6-11(9)13/h4-6,15-16H,3,7-8H2,1-2H3. The van der Waals surface area contributed by atoms with Gasteiger partial charge in [-0.15, -0.1) is 0 Å². The van der Waals surface area contributed by atoms with Gasteiger partial charge in [-0.3, -0.25) is 0 Å². The maximum absolute atomic E-state index is 9.82. The van der Waals surface area contributed by atoms with Crippen LogP contribution in [0.1, 0.15) is 25.8 Å². The summed E-state index contributed by atoms with van der Waals surface area (Å²) in [5.41, 5.74) is 0.495. The summed E-state index contributed by atoms with van der Waals surface area (Å²) < 4.78 is 0.989. The largest absolute Gasteiger partial charge is 0.389 e. The van der Waals surface area contributed by atoms with Gasteiger partial charge in [0.2, 0.25) is 0 Å². The molecule has 0 heterocycles. The minimum atomic E-state index is -0.640. The molecule has 1 atom stereocenters. The van der Waals surface area contributed by atoms with Crippen LogP contribution in [0.25, 0.3) is 0 Å². The molecule has 0 saturated heterocycles. The van der Waals surface area contributed by atoms with Crippen molar-refractivity contribution in [2.24, 2.45) is 0 Å². The topological polar surface area (TPSA) is 32.3 Å². The molecule has 4 heteroatoms. The first kappa shape index (κ1) is 14.0. The smallest absolute Gasteiger partial charge is 0.0741 e. The van der Waals surface area contributed by atoms with Crippen molar-refractivity contribution in [2.45, 2.75) is 32.4 Å². The number of aliphatic hydroxyl groups is 1. The average molecular weight is 307 g/mol. The molecule has 0 aliphatic carbocycles. The normalized spacial score (nSPS) is 14.8. The molecule has 2 N–H and O–H groups in total. The first-order valence-electron chi connectivity index (χ1n) is 5.31. The second-order valence-electron chi connectivity index (χ2n) is 4.19. The van der Waals surface area contributed by atoms with Crippen molar-refractivity contribution >= 4 is 27.5 Å². The molecule has 1 aromatic carbocycles. The molecule has 1 unspecified atom stereocenters. The molecule has 0 spiro atoms. The van der Waals surface area contributed by atoms with Gasteiger partial charge in [0.15, 0.2) is 0 Å². The van der Waals surface area contributed by atoms with E-state index in [1.165, 1.54) is 0 Å². The number of hydrogen-bond acceptors (Lipinski definition) is 2. The molecule has 0 bridgehead atoms. The molecular formula is C12H17BrClNO. The lowest BCUT2D eigenvalue weighted by molar-refractivity contribution is 0.0555. The van der Waals surface area contributed by atoms with Crippen molar-refractivity contribution in [1.29, 1.82) is 0 Å². The first-order chi connectivity index (χ1) is 7.44. The highest BCUT2D eigenvalue weighted by atomic mass is 79.9. The van der Waals surface area contributed by atoms with Crippen LogP contribution in [0, 0.1) is 0 Å². The Balaban J connectivity index is 2.49. The van der Waals surface area contributed by atoms with Gasteiger partial charge in [0, 0.05) is 22.6 Å². The Hall–Kier alpha value is -0.0900. The van der Waals surface area contributed by atoms with Crippen LogP contribution in [-0.4, -0.2) is 17.3 Å². The molecular weight excluding hydrogens is 289 g/mol. The van der Waals surface area contributed by atoms with Crippen LogP contribution in [0.5, 0.6) is 0 Å². The maximum Gasteiger partial charge on any atom is 0.0741 e. The molecule has 0 aliphatic heterocycles. The van der Waals surface area contributed by atoms with Crippen LogP contribution in [0.2, 0.25) is 5.02 Å². The van der Waals surface area contributed by atoms with Crippen molar-refractivity contribution in [3.05, 3.63) is 33.3 Å². The monoisotopic (exact) mass is 305 g/mol. The van der Waals surface area contributed by atoms with Gasteiger partial charge in [-0.05, 0) is 31.0 Å². The lowest BCUT2D eigenvalue weighted by Crippen LogP contribution is -2.36. The van der Waals surface area contributed by atoms with E-state index >= 15 is 0 Å². The van der Waals surface area contributed by atoms with Crippen LogP contribution in [0.15, 0.2) is 22.7 Å². The molecule has 0 amide bonds. The lowest BCUT2D eigenvalue weighted by Gasteiger charge is -2.21. The van der Waals surface area contributed by atoms with E-state index in [0.717, 1.165) is 21.5 Å². The van der Waals surface area contributed by atoms with E-state index in [1.807, 2.05) is 32.0 Å². The molecule has 0 saturated carbocycles. The number of rotatable bonds is 5. The Morgan fingerprint density at radius 2 is 2.19 bits per heavy atom. The van der Waals surface area contributed by atoms with E-state index in [4.69, 9.17) is 11.6 Å². The Morgan fingerprint density at radius 1 is 1.50 bits per heavy atom. The van der Waals surface area contributed by atoms with Crippen LogP contribution in [-0.2, 0) is 6.54 Å². The predicted octanol–water partition coefficient (Wildman–Crippen LogP) is 3.35. The number of hydrogen-bond donors (Lipinski definition) is 2. The Labute approximate surface area is 110 Å². The maximum atomic E-state index is 9.82.